The van der Waals surface area contributed by atoms with Gasteiger partial charge in [0.25, 0.3) is 0 Å². The van der Waals surface area contributed by atoms with Crippen molar-refractivity contribution >= 4 is 23.5 Å². The van der Waals surface area contributed by atoms with Gasteiger partial charge in [0.05, 0.1) is 23.0 Å². The molecule has 1 heterocycles. The number of hydrogen-bond acceptors (Lipinski definition) is 3. The van der Waals surface area contributed by atoms with Crippen LogP contribution < -0.4 is 5.32 Å². The molecule has 1 amide bonds. The van der Waals surface area contributed by atoms with E-state index in [2.05, 4.69) is 5.32 Å². The first-order chi connectivity index (χ1) is 12.4. The second-order valence-electron chi connectivity index (χ2n) is 6.11. The molecule has 0 spiro atoms. The number of carbonyl (C=O) groups is 2. The van der Waals surface area contributed by atoms with Crippen LogP contribution in [0.1, 0.15) is 34.0 Å². The molecule has 3 rings (SSSR count). The summed E-state index contributed by atoms with van der Waals surface area (Å²) in [4.78, 5) is 23.4. The number of nitrogens with one attached hydrogen (secondary N) is 1. The van der Waals surface area contributed by atoms with Crippen molar-refractivity contribution in [2.75, 3.05) is 6.61 Å². The molecule has 1 aliphatic heterocycles. The van der Waals surface area contributed by atoms with E-state index >= 15 is 0 Å². The Balaban J connectivity index is 1.67. The zero-order valence-corrected chi connectivity index (χ0v) is 14.5. The van der Waals surface area contributed by atoms with E-state index in [1.165, 1.54) is 24.3 Å². The number of hydrogen-bond donors (Lipinski definition) is 2. The van der Waals surface area contributed by atoms with E-state index in [4.69, 9.17) is 21.4 Å². The number of benzene rings is 2. The van der Waals surface area contributed by atoms with Crippen molar-refractivity contribution < 1.29 is 23.8 Å². The van der Waals surface area contributed by atoms with Crippen molar-refractivity contribution in [3.05, 3.63) is 70.0 Å². The number of carboxylic acids is 1. The van der Waals surface area contributed by atoms with Gasteiger partial charge >= 0.3 is 5.97 Å². The molecule has 2 N–H and O–H groups in total. The second kappa shape index (κ2) is 7.85. The largest absolute Gasteiger partial charge is 0.478 e. The molecule has 0 aromatic heterocycles. The lowest BCUT2D eigenvalue weighted by Crippen LogP contribution is -2.37. The fraction of sp³-hybridized carbons (Fsp3) is 0.263. The van der Waals surface area contributed by atoms with Gasteiger partial charge in [-0.05, 0) is 41.8 Å². The predicted octanol–water partition coefficient (Wildman–Crippen LogP) is 3.37. The van der Waals surface area contributed by atoms with Gasteiger partial charge in [0.2, 0.25) is 5.91 Å². The first kappa shape index (κ1) is 18.4. The normalized spacial score (nSPS) is 19.3. The molecule has 0 aliphatic carbocycles. The third-order valence-electron chi connectivity index (χ3n) is 4.25. The maximum Gasteiger partial charge on any atom is 0.335 e. The number of carboxylic acid groups (broad SMARTS) is 1. The van der Waals surface area contributed by atoms with E-state index in [9.17, 15) is 14.0 Å². The van der Waals surface area contributed by atoms with Crippen molar-refractivity contribution in [2.45, 2.75) is 25.0 Å². The summed E-state index contributed by atoms with van der Waals surface area (Å²) in [6, 6.07) is 10.4. The van der Waals surface area contributed by atoms with E-state index in [1.807, 2.05) is 0 Å². The Labute approximate surface area is 154 Å². The Bertz CT molecular complexity index is 842. The van der Waals surface area contributed by atoms with Crippen molar-refractivity contribution in [1.29, 1.82) is 0 Å². The zero-order valence-electron chi connectivity index (χ0n) is 13.7. The van der Waals surface area contributed by atoms with Crippen LogP contribution in [0.4, 0.5) is 4.39 Å². The van der Waals surface area contributed by atoms with Crippen LogP contribution in [0.5, 0.6) is 0 Å². The molecule has 1 aliphatic rings. The molecule has 7 heteroatoms. The summed E-state index contributed by atoms with van der Waals surface area (Å²) < 4.78 is 19.3. The monoisotopic (exact) mass is 377 g/mol. The molecule has 136 valence electrons. The lowest BCUT2D eigenvalue weighted by molar-refractivity contribution is -0.121. The van der Waals surface area contributed by atoms with Crippen LogP contribution >= 0.6 is 11.6 Å². The van der Waals surface area contributed by atoms with Gasteiger partial charge in [0.1, 0.15) is 11.9 Å². The summed E-state index contributed by atoms with van der Waals surface area (Å²) in [5.41, 5.74) is 1.35. The van der Waals surface area contributed by atoms with Gasteiger partial charge in [-0.3, -0.25) is 4.79 Å². The maximum absolute atomic E-state index is 13.7. The van der Waals surface area contributed by atoms with Crippen LogP contribution in [0.15, 0.2) is 42.5 Å². The van der Waals surface area contributed by atoms with Gasteiger partial charge in [-0.1, -0.05) is 29.8 Å². The van der Waals surface area contributed by atoms with Crippen LogP contribution in [0.25, 0.3) is 0 Å². The zero-order chi connectivity index (χ0) is 18.7. The average molecular weight is 378 g/mol. The van der Waals surface area contributed by atoms with Crippen molar-refractivity contribution in [1.82, 2.24) is 5.32 Å². The van der Waals surface area contributed by atoms with Crippen molar-refractivity contribution in [3.63, 3.8) is 0 Å². The Morgan fingerprint density at radius 1 is 1.27 bits per heavy atom. The molecule has 2 aromatic carbocycles. The Morgan fingerprint density at radius 2 is 2.08 bits per heavy atom. The second-order valence-corrected chi connectivity index (χ2v) is 6.52. The maximum atomic E-state index is 13.7. The standard InChI is InChI=1S/C19H17ClFNO4/c20-14-5-4-12(10-15(14)21)18-16(6-7-26-18)22-17(23)9-11-2-1-3-13(8-11)19(24)25/h1-5,8,10,16,18H,6-7,9H2,(H,22,23)(H,24,25). The Morgan fingerprint density at radius 3 is 2.81 bits per heavy atom. The van der Waals surface area contributed by atoms with E-state index in [0.29, 0.717) is 24.2 Å². The fourth-order valence-corrected chi connectivity index (χ4v) is 3.13. The van der Waals surface area contributed by atoms with Gasteiger partial charge in [-0.15, -0.1) is 0 Å². The first-order valence-corrected chi connectivity index (χ1v) is 8.50. The topological polar surface area (TPSA) is 75.6 Å². The van der Waals surface area contributed by atoms with Gasteiger partial charge in [0, 0.05) is 6.61 Å². The van der Waals surface area contributed by atoms with Crippen LogP contribution in [-0.4, -0.2) is 29.6 Å². The van der Waals surface area contributed by atoms with E-state index in [0.717, 1.165) is 0 Å². The molecule has 2 aromatic rings. The quantitative estimate of drug-likeness (QED) is 0.837. The summed E-state index contributed by atoms with van der Waals surface area (Å²) in [6.07, 6.45) is 0.214. The SMILES string of the molecule is O=C(Cc1cccc(C(=O)O)c1)NC1CCOC1c1ccc(Cl)c(F)c1. The van der Waals surface area contributed by atoms with E-state index in [-0.39, 0.29) is 29.0 Å². The first-order valence-electron chi connectivity index (χ1n) is 8.12. The highest BCUT2D eigenvalue weighted by molar-refractivity contribution is 6.30. The van der Waals surface area contributed by atoms with Gasteiger partial charge < -0.3 is 15.2 Å². The average Bonchev–Trinajstić information content (AvgIpc) is 3.05. The number of aromatic carboxylic acids is 1. The molecular weight excluding hydrogens is 361 g/mol. The summed E-state index contributed by atoms with van der Waals surface area (Å²) in [5, 5.41) is 11.9. The lowest BCUT2D eigenvalue weighted by atomic mass is 10.0. The molecule has 2 atom stereocenters. The minimum Gasteiger partial charge on any atom is -0.478 e. The number of ether oxygens (including phenoxy) is 1. The minimum absolute atomic E-state index is 0.0330. The third-order valence-corrected chi connectivity index (χ3v) is 4.56. The highest BCUT2D eigenvalue weighted by Crippen LogP contribution is 2.31. The van der Waals surface area contributed by atoms with Crippen LogP contribution in [0.2, 0.25) is 5.02 Å². The van der Waals surface area contributed by atoms with E-state index < -0.39 is 17.9 Å². The van der Waals surface area contributed by atoms with Gasteiger partial charge in [-0.25, -0.2) is 9.18 Å². The highest BCUT2D eigenvalue weighted by Gasteiger charge is 2.31. The third kappa shape index (κ3) is 4.20. The molecule has 0 radical (unpaired) electrons. The van der Waals surface area contributed by atoms with Crippen molar-refractivity contribution in [2.24, 2.45) is 0 Å². The van der Waals surface area contributed by atoms with Gasteiger partial charge in [0.15, 0.2) is 0 Å². The summed E-state index contributed by atoms with van der Waals surface area (Å²) in [6.45, 7) is 0.453. The molecule has 0 bridgehead atoms. The molecule has 1 fully saturated rings. The van der Waals surface area contributed by atoms with Crippen LogP contribution in [0.3, 0.4) is 0 Å². The fourth-order valence-electron chi connectivity index (χ4n) is 3.01. The number of rotatable bonds is 5. The van der Waals surface area contributed by atoms with E-state index in [1.54, 1.807) is 18.2 Å². The number of halogens is 2. The summed E-state index contributed by atoms with van der Waals surface area (Å²) in [7, 11) is 0. The van der Waals surface area contributed by atoms with Gasteiger partial charge in [-0.2, -0.15) is 0 Å². The van der Waals surface area contributed by atoms with Crippen LogP contribution in [-0.2, 0) is 16.0 Å². The summed E-state index contributed by atoms with van der Waals surface area (Å²) >= 11 is 5.71. The smallest absolute Gasteiger partial charge is 0.335 e. The Kier molecular flexibility index (Phi) is 5.54. The molecule has 0 saturated carbocycles. The molecule has 5 nitrogen and oxygen atoms in total. The number of carbonyl (C=O) groups excluding carboxylic acids is 1. The van der Waals surface area contributed by atoms with Crippen molar-refractivity contribution in [3.8, 4) is 0 Å². The number of amides is 1. The Hall–Kier alpha value is -2.44. The molecule has 1 saturated heterocycles. The summed E-state index contributed by atoms with van der Waals surface area (Å²) in [5.74, 6) is -1.82. The molecular formula is C19H17ClFNO4. The van der Waals surface area contributed by atoms with Crippen LogP contribution in [0, 0.1) is 5.82 Å². The lowest BCUT2D eigenvalue weighted by Gasteiger charge is -2.20. The molecule has 2 unspecified atom stereocenters. The highest BCUT2D eigenvalue weighted by atomic mass is 35.5. The predicted molar refractivity (Wildman–Crippen MR) is 93.8 cm³/mol. The molecule has 26 heavy (non-hydrogen) atoms. The minimum atomic E-state index is -1.04.